The van der Waals surface area contributed by atoms with Gasteiger partial charge < -0.3 is 50.0 Å². The van der Waals surface area contributed by atoms with E-state index in [4.69, 9.17) is 14.2 Å². The van der Waals surface area contributed by atoms with Crippen molar-refractivity contribution in [2.24, 2.45) is 0 Å². The summed E-state index contributed by atoms with van der Waals surface area (Å²) in [6, 6.07) is 7.07. The molecule has 7 N–H and O–H groups in total. The second-order valence-corrected chi connectivity index (χ2v) is 8.81. The second kappa shape index (κ2) is 10.4. The van der Waals surface area contributed by atoms with Crippen LogP contribution in [0.15, 0.2) is 34.1 Å². The summed E-state index contributed by atoms with van der Waals surface area (Å²) in [7, 11) is 0. The summed E-state index contributed by atoms with van der Waals surface area (Å²) in [5.74, 6) is 0. The van der Waals surface area contributed by atoms with Gasteiger partial charge in [-0.15, -0.1) is 12.6 Å². The van der Waals surface area contributed by atoms with E-state index in [-0.39, 0.29) is 0 Å². The van der Waals surface area contributed by atoms with Crippen LogP contribution in [0.3, 0.4) is 0 Å². The SMILES string of the molecule is OC[C@H]1O[C@H](O[C@H]2[C@H](O)[C@@H](O)[C@H](Sc3cccc(S)c3)O[C@@H]2CO)[C@H](O)[C@@H](O)[C@@H]1O. The van der Waals surface area contributed by atoms with E-state index in [0.29, 0.717) is 4.90 Å². The third-order valence-corrected chi connectivity index (χ3v) is 6.46. The topological polar surface area (TPSA) is 169 Å². The van der Waals surface area contributed by atoms with Crippen molar-refractivity contribution in [3.8, 4) is 0 Å². The van der Waals surface area contributed by atoms with Gasteiger partial charge >= 0.3 is 0 Å². The molecule has 2 aliphatic heterocycles. The van der Waals surface area contributed by atoms with Crippen molar-refractivity contribution in [2.75, 3.05) is 13.2 Å². The first-order valence-corrected chi connectivity index (χ1v) is 10.6. The van der Waals surface area contributed by atoms with Crippen molar-refractivity contribution in [1.29, 1.82) is 0 Å². The van der Waals surface area contributed by atoms with Crippen molar-refractivity contribution in [3.05, 3.63) is 24.3 Å². The normalized spacial score (nSPS) is 42.3. The van der Waals surface area contributed by atoms with Crippen LogP contribution in [0, 0.1) is 0 Å². The zero-order chi connectivity index (χ0) is 22.0. The molecule has 0 bridgehead atoms. The van der Waals surface area contributed by atoms with Crippen LogP contribution >= 0.6 is 24.4 Å². The summed E-state index contributed by atoms with van der Waals surface area (Å²) in [5, 5.41) is 70.0. The first-order valence-electron chi connectivity index (χ1n) is 9.31. The van der Waals surface area contributed by atoms with Gasteiger partial charge in [0.05, 0.1) is 13.2 Å². The van der Waals surface area contributed by atoms with Crippen LogP contribution in [0.4, 0.5) is 0 Å². The molecule has 2 aliphatic rings. The highest BCUT2D eigenvalue weighted by atomic mass is 32.2. The monoisotopic (exact) mass is 466 g/mol. The second-order valence-electron chi connectivity index (χ2n) is 7.12. The minimum atomic E-state index is -1.70. The number of hydrogen-bond acceptors (Lipinski definition) is 12. The molecule has 10 nitrogen and oxygen atoms in total. The third kappa shape index (κ3) is 5.11. The molecule has 0 unspecified atom stereocenters. The van der Waals surface area contributed by atoms with Gasteiger partial charge in [0.15, 0.2) is 6.29 Å². The molecular formula is C18H26O10S2. The third-order valence-electron chi connectivity index (χ3n) is 5.03. The molecule has 30 heavy (non-hydrogen) atoms. The van der Waals surface area contributed by atoms with Crippen LogP contribution in [-0.2, 0) is 14.2 Å². The van der Waals surface area contributed by atoms with Crippen molar-refractivity contribution in [2.45, 2.75) is 70.3 Å². The highest BCUT2D eigenvalue weighted by molar-refractivity contribution is 7.99. The van der Waals surface area contributed by atoms with E-state index in [0.717, 1.165) is 16.7 Å². The Bertz CT molecular complexity index is 693. The highest BCUT2D eigenvalue weighted by Crippen LogP contribution is 2.36. The molecule has 10 atom stereocenters. The standard InChI is InChI=1S/C18H26O10S2/c19-5-9-11(21)12(22)14(24)17(26-9)28-16-10(6-20)27-18(15(25)13(16)23)30-8-3-1-2-7(29)4-8/h1-4,9-25,29H,5-6H2/t9-,10-,11-,12+,13-,14-,15-,16-,17-,18+/m1/s1. The minimum Gasteiger partial charge on any atom is -0.394 e. The molecule has 170 valence electrons. The van der Waals surface area contributed by atoms with Gasteiger partial charge in [-0.25, -0.2) is 0 Å². The van der Waals surface area contributed by atoms with Gasteiger partial charge in [0.25, 0.3) is 0 Å². The van der Waals surface area contributed by atoms with Gasteiger partial charge in [-0.05, 0) is 18.2 Å². The van der Waals surface area contributed by atoms with Gasteiger partial charge in [-0.2, -0.15) is 0 Å². The van der Waals surface area contributed by atoms with E-state index < -0.39 is 73.8 Å². The molecule has 0 aromatic heterocycles. The van der Waals surface area contributed by atoms with E-state index in [1.54, 1.807) is 24.3 Å². The van der Waals surface area contributed by atoms with E-state index in [1.807, 2.05) is 0 Å². The quantitative estimate of drug-likeness (QED) is 0.212. The molecule has 2 heterocycles. The first kappa shape index (κ1) is 24.2. The number of benzene rings is 1. The summed E-state index contributed by atoms with van der Waals surface area (Å²) in [5.41, 5.74) is -0.929. The van der Waals surface area contributed by atoms with Gasteiger partial charge in [0.2, 0.25) is 0 Å². The fraction of sp³-hybridized carbons (Fsp3) is 0.667. The van der Waals surface area contributed by atoms with E-state index in [1.165, 1.54) is 0 Å². The minimum absolute atomic E-state index is 0.574. The summed E-state index contributed by atoms with van der Waals surface area (Å²) < 4.78 is 16.5. The number of hydrogen-bond donors (Lipinski definition) is 8. The Hall–Kier alpha value is -0.480. The zero-order valence-corrected chi connectivity index (χ0v) is 17.4. The Balaban J connectivity index is 1.71. The molecule has 1 aromatic carbocycles. The molecule has 0 aliphatic carbocycles. The Kier molecular flexibility index (Phi) is 8.40. The van der Waals surface area contributed by atoms with Gasteiger partial charge in [0.1, 0.15) is 54.3 Å². The Labute approximate surface area is 182 Å². The van der Waals surface area contributed by atoms with Crippen LogP contribution in [0.2, 0.25) is 0 Å². The molecule has 2 fully saturated rings. The summed E-state index contributed by atoms with van der Waals surface area (Å²) in [6.07, 6.45) is -13.0. The molecule has 0 saturated carbocycles. The number of aliphatic hydroxyl groups excluding tert-OH is 7. The van der Waals surface area contributed by atoms with E-state index in [2.05, 4.69) is 12.6 Å². The van der Waals surface area contributed by atoms with Crippen molar-refractivity contribution in [3.63, 3.8) is 0 Å². The van der Waals surface area contributed by atoms with Crippen LogP contribution < -0.4 is 0 Å². The van der Waals surface area contributed by atoms with Crippen LogP contribution in [0.5, 0.6) is 0 Å². The largest absolute Gasteiger partial charge is 0.394 e. The summed E-state index contributed by atoms with van der Waals surface area (Å²) >= 11 is 5.38. The van der Waals surface area contributed by atoms with Crippen LogP contribution in [0.25, 0.3) is 0 Å². The Morgan fingerprint density at radius 3 is 2.20 bits per heavy atom. The van der Waals surface area contributed by atoms with E-state index >= 15 is 0 Å². The van der Waals surface area contributed by atoms with Crippen molar-refractivity contribution >= 4 is 24.4 Å². The maximum absolute atomic E-state index is 10.6. The Morgan fingerprint density at radius 1 is 0.867 bits per heavy atom. The summed E-state index contributed by atoms with van der Waals surface area (Å²) in [6.45, 7) is -1.22. The Morgan fingerprint density at radius 2 is 1.57 bits per heavy atom. The predicted octanol–water partition coefficient (Wildman–Crippen LogP) is -2.31. The number of rotatable bonds is 6. The molecule has 1 aromatic rings. The molecule has 3 rings (SSSR count). The highest BCUT2D eigenvalue weighted by Gasteiger charge is 2.50. The number of ether oxygens (including phenoxy) is 3. The van der Waals surface area contributed by atoms with Gasteiger partial charge in [-0.3, -0.25) is 0 Å². The molecule has 0 radical (unpaired) electrons. The number of aliphatic hydroxyl groups is 7. The fourth-order valence-electron chi connectivity index (χ4n) is 3.34. The van der Waals surface area contributed by atoms with Gasteiger partial charge in [-0.1, -0.05) is 17.8 Å². The lowest BCUT2D eigenvalue weighted by molar-refractivity contribution is -0.338. The molecule has 0 spiro atoms. The first-order chi connectivity index (χ1) is 14.3. The molecular weight excluding hydrogens is 440 g/mol. The number of thioether (sulfide) groups is 1. The van der Waals surface area contributed by atoms with Crippen LogP contribution in [-0.4, -0.2) is 110 Å². The zero-order valence-electron chi connectivity index (χ0n) is 15.7. The lowest BCUT2D eigenvalue weighted by Gasteiger charge is -2.46. The summed E-state index contributed by atoms with van der Waals surface area (Å²) in [4.78, 5) is 1.43. The maximum Gasteiger partial charge on any atom is 0.187 e. The lowest BCUT2D eigenvalue weighted by Crippen LogP contribution is -2.64. The number of thiol groups is 1. The maximum atomic E-state index is 10.6. The lowest BCUT2D eigenvalue weighted by atomic mass is 9.97. The predicted molar refractivity (Wildman–Crippen MR) is 106 cm³/mol. The van der Waals surface area contributed by atoms with Crippen molar-refractivity contribution in [1.82, 2.24) is 0 Å². The molecule has 12 heteroatoms. The fourth-order valence-corrected chi connectivity index (χ4v) is 4.78. The smallest absolute Gasteiger partial charge is 0.187 e. The van der Waals surface area contributed by atoms with Crippen molar-refractivity contribution < 1.29 is 50.0 Å². The van der Waals surface area contributed by atoms with Gasteiger partial charge in [0, 0.05) is 9.79 Å². The average molecular weight is 467 g/mol. The molecule has 2 saturated heterocycles. The molecule has 0 amide bonds. The average Bonchev–Trinajstić information content (AvgIpc) is 2.73. The van der Waals surface area contributed by atoms with E-state index in [9.17, 15) is 35.7 Å². The van der Waals surface area contributed by atoms with Crippen LogP contribution in [0.1, 0.15) is 0 Å².